The second kappa shape index (κ2) is 11.2. The van der Waals surface area contributed by atoms with Gasteiger partial charge in [-0.3, -0.25) is 14.6 Å². The second-order valence-electron chi connectivity index (χ2n) is 6.27. The van der Waals surface area contributed by atoms with Crippen LogP contribution >= 0.6 is 0 Å². The number of amides is 1. The maximum absolute atomic E-state index is 12.7. The Bertz CT molecular complexity index is 973. The molecule has 1 heterocycles. The Hall–Kier alpha value is -3.87. The average molecular weight is 408 g/mol. The molecular weight excluding hydrogens is 384 g/mol. The van der Waals surface area contributed by atoms with Gasteiger partial charge in [-0.25, -0.2) is 0 Å². The number of hydrogen-bond donors (Lipinski definition) is 1. The first kappa shape index (κ1) is 22.4. The lowest BCUT2D eigenvalue weighted by atomic mass is 10.0. The molecule has 0 aliphatic carbocycles. The van der Waals surface area contributed by atoms with E-state index in [4.69, 9.17) is 19.4 Å². The molecule has 1 N–H and O–H groups in total. The van der Waals surface area contributed by atoms with Crippen molar-refractivity contribution >= 4 is 12.4 Å². The number of carboxylic acid groups (broad SMARTS) is 1. The number of carbonyl (C=O) groups excluding carboxylic acids is 1. The number of aromatic nitrogens is 1. The number of nitrogens with zero attached hydrogens (tertiary/aromatic N) is 2. The van der Waals surface area contributed by atoms with Crippen molar-refractivity contribution in [3.05, 3.63) is 78.1 Å². The summed E-state index contributed by atoms with van der Waals surface area (Å²) in [6.45, 7) is 0.260. The summed E-state index contributed by atoms with van der Waals surface area (Å²) in [7, 11) is 5.04. The van der Waals surface area contributed by atoms with Gasteiger partial charge in [0.05, 0.1) is 20.4 Å². The first-order valence-corrected chi connectivity index (χ1v) is 9.08. The van der Waals surface area contributed by atoms with Crippen molar-refractivity contribution in [3.63, 3.8) is 0 Å². The molecule has 0 fully saturated rings. The molecule has 0 bridgehead atoms. The fraction of sp³-hybridized carbons (Fsp3) is 0.174. The summed E-state index contributed by atoms with van der Waals surface area (Å²) in [5, 5.41) is 6.89. The lowest BCUT2D eigenvalue weighted by Gasteiger charge is -2.18. The Kier molecular flexibility index (Phi) is 8.38. The highest BCUT2D eigenvalue weighted by atomic mass is 16.5. The van der Waals surface area contributed by atoms with Gasteiger partial charge in [-0.2, -0.15) is 0 Å². The summed E-state index contributed by atoms with van der Waals surface area (Å²) in [5.74, 6) is 1.45. The van der Waals surface area contributed by atoms with Gasteiger partial charge in [0.25, 0.3) is 12.4 Å². The second-order valence-corrected chi connectivity index (χ2v) is 6.27. The molecule has 0 spiro atoms. The van der Waals surface area contributed by atoms with Crippen LogP contribution in [0, 0.1) is 0 Å². The van der Waals surface area contributed by atoms with Crippen LogP contribution in [0.1, 0.15) is 15.9 Å². The molecule has 0 aliphatic rings. The topological polar surface area (TPSA) is 89.0 Å². The maximum atomic E-state index is 12.7. The number of rotatable bonds is 6. The highest BCUT2D eigenvalue weighted by Crippen LogP contribution is 2.29. The van der Waals surface area contributed by atoms with Gasteiger partial charge in [0.1, 0.15) is 11.5 Å². The van der Waals surface area contributed by atoms with Crippen molar-refractivity contribution in [1.82, 2.24) is 9.88 Å². The Balaban J connectivity index is 0.00000101. The van der Waals surface area contributed by atoms with Gasteiger partial charge in [-0.05, 0) is 41.5 Å². The minimum atomic E-state index is -0.250. The number of carbonyl (C=O) groups is 2. The van der Waals surface area contributed by atoms with Gasteiger partial charge in [-0.1, -0.05) is 24.3 Å². The molecule has 0 radical (unpaired) electrons. The van der Waals surface area contributed by atoms with E-state index in [2.05, 4.69) is 4.98 Å². The molecular formula is C23H24N2O5. The van der Waals surface area contributed by atoms with E-state index in [0.717, 1.165) is 22.4 Å². The predicted octanol–water partition coefficient (Wildman–Crippen LogP) is 3.74. The summed E-state index contributed by atoms with van der Waals surface area (Å²) >= 11 is 0. The first-order valence-electron chi connectivity index (χ1n) is 9.08. The summed E-state index contributed by atoms with van der Waals surface area (Å²) in [6, 6.07) is 17.1. The SMILES string of the molecule is COc1cccc(CN(C)C(=O)c2ccc(-c3ccncc3OC)cc2)c1.O=CO. The van der Waals surface area contributed by atoms with E-state index in [-0.39, 0.29) is 12.4 Å². The van der Waals surface area contributed by atoms with Crippen molar-refractivity contribution in [2.75, 3.05) is 21.3 Å². The Morgan fingerprint density at radius 1 is 1.10 bits per heavy atom. The highest BCUT2D eigenvalue weighted by molar-refractivity contribution is 5.94. The molecule has 1 aromatic heterocycles. The molecule has 30 heavy (non-hydrogen) atoms. The van der Waals surface area contributed by atoms with Gasteiger partial charge < -0.3 is 19.5 Å². The van der Waals surface area contributed by atoms with E-state index in [9.17, 15) is 4.79 Å². The summed E-state index contributed by atoms with van der Waals surface area (Å²) < 4.78 is 10.6. The molecule has 0 unspecified atom stereocenters. The molecule has 7 heteroatoms. The van der Waals surface area contributed by atoms with E-state index < -0.39 is 0 Å². The van der Waals surface area contributed by atoms with Crippen molar-refractivity contribution in [3.8, 4) is 22.6 Å². The monoisotopic (exact) mass is 408 g/mol. The van der Waals surface area contributed by atoms with Crippen LogP contribution in [0.25, 0.3) is 11.1 Å². The normalized spacial score (nSPS) is 9.70. The lowest BCUT2D eigenvalue weighted by molar-refractivity contribution is -0.122. The van der Waals surface area contributed by atoms with E-state index >= 15 is 0 Å². The minimum absolute atomic E-state index is 0.0361. The maximum Gasteiger partial charge on any atom is 0.290 e. The molecule has 7 nitrogen and oxygen atoms in total. The van der Waals surface area contributed by atoms with Crippen LogP contribution in [0.15, 0.2) is 67.0 Å². The van der Waals surface area contributed by atoms with Gasteiger partial charge in [0, 0.05) is 30.9 Å². The van der Waals surface area contributed by atoms with Gasteiger partial charge >= 0.3 is 0 Å². The summed E-state index contributed by atoms with van der Waals surface area (Å²) in [6.07, 6.45) is 3.40. The fourth-order valence-corrected chi connectivity index (χ4v) is 2.91. The molecule has 0 atom stereocenters. The first-order chi connectivity index (χ1) is 14.5. The van der Waals surface area contributed by atoms with Crippen molar-refractivity contribution in [1.29, 1.82) is 0 Å². The molecule has 2 aromatic carbocycles. The standard InChI is InChI=1S/C22H22N2O3.CH2O2/c1-24(15-16-5-4-6-19(13-16)26-2)22(25)18-9-7-17(8-10-18)20-11-12-23-14-21(20)27-3;2-1-3/h4-14H,15H2,1-3H3;1H,(H,2,3). The predicted molar refractivity (Wildman–Crippen MR) is 114 cm³/mol. The quantitative estimate of drug-likeness (QED) is 0.625. The number of ether oxygens (including phenoxy) is 2. The Morgan fingerprint density at radius 3 is 2.43 bits per heavy atom. The van der Waals surface area contributed by atoms with Crippen LogP contribution in [0.5, 0.6) is 11.5 Å². The van der Waals surface area contributed by atoms with Gasteiger partial charge in [0.15, 0.2) is 0 Å². The van der Waals surface area contributed by atoms with E-state index in [1.807, 2.05) is 54.6 Å². The zero-order chi connectivity index (χ0) is 21.9. The summed E-state index contributed by atoms with van der Waals surface area (Å²) in [4.78, 5) is 26.9. The number of methoxy groups -OCH3 is 2. The van der Waals surface area contributed by atoms with Crippen LogP contribution in [0.3, 0.4) is 0 Å². The van der Waals surface area contributed by atoms with E-state index in [1.54, 1.807) is 38.6 Å². The minimum Gasteiger partial charge on any atom is -0.497 e. The van der Waals surface area contributed by atoms with Crippen LogP contribution in [0.2, 0.25) is 0 Å². The zero-order valence-electron chi connectivity index (χ0n) is 17.1. The number of pyridine rings is 1. The van der Waals surface area contributed by atoms with Crippen LogP contribution in [-0.4, -0.2) is 48.6 Å². The Morgan fingerprint density at radius 2 is 1.80 bits per heavy atom. The van der Waals surface area contributed by atoms with Crippen molar-refractivity contribution in [2.24, 2.45) is 0 Å². The average Bonchev–Trinajstić information content (AvgIpc) is 2.79. The third-order valence-corrected chi connectivity index (χ3v) is 4.35. The van der Waals surface area contributed by atoms with Gasteiger partial charge in [-0.15, -0.1) is 0 Å². The molecule has 1 amide bonds. The molecule has 0 saturated heterocycles. The molecule has 3 aromatic rings. The third-order valence-electron chi connectivity index (χ3n) is 4.35. The largest absolute Gasteiger partial charge is 0.497 e. The van der Waals surface area contributed by atoms with Gasteiger partial charge in [0.2, 0.25) is 0 Å². The molecule has 0 aliphatic heterocycles. The zero-order valence-corrected chi connectivity index (χ0v) is 17.1. The lowest BCUT2D eigenvalue weighted by Crippen LogP contribution is -2.26. The molecule has 156 valence electrons. The molecule has 0 saturated carbocycles. The van der Waals surface area contributed by atoms with Crippen LogP contribution in [0.4, 0.5) is 0 Å². The van der Waals surface area contributed by atoms with Crippen LogP contribution in [-0.2, 0) is 11.3 Å². The van der Waals surface area contributed by atoms with E-state index in [1.165, 1.54) is 0 Å². The highest BCUT2D eigenvalue weighted by Gasteiger charge is 2.13. The number of benzene rings is 2. The smallest absolute Gasteiger partial charge is 0.290 e. The third kappa shape index (κ3) is 5.81. The van der Waals surface area contributed by atoms with Crippen molar-refractivity contribution in [2.45, 2.75) is 6.54 Å². The Labute approximate surface area is 175 Å². The van der Waals surface area contributed by atoms with E-state index in [0.29, 0.717) is 17.9 Å². The molecule has 3 rings (SSSR count). The summed E-state index contributed by atoms with van der Waals surface area (Å²) in [5.41, 5.74) is 3.57. The van der Waals surface area contributed by atoms with Crippen LogP contribution < -0.4 is 9.47 Å². The van der Waals surface area contributed by atoms with Crippen molar-refractivity contribution < 1.29 is 24.2 Å². The fourth-order valence-electron chi connectivity index (χ4n) is 2.91. The number of hydrogen-bond acceptors (Lipinski definition) is 5.